The fourth-order valence-electron chi connectivity index (χ4n) is 1.72. The van der Waals surface area contributed by atoms with Crippen LogP contribution in [0.3, 0.4) is 0 Å². The van der Waals surface area contributed by atoms with E-state index in [2.05, 4.69) is 10.3 Å². The maximum atomic E-state index is 12.7. The average molecular weight is 286 g/mol. The van der Waals surface area contributed by atoms with Crippen molar-refractivity contribution in [1.82, 2.24) is 0 Å². The molecular weight excluding hydrogens is 269 g/mol. The van der Waals surface area contributed by atoms with Gasteiger partial charge in [-0.1, -0.05) is 0 Å². The zero-order valence-electron chi connectivity index (χ0n) is 10.3. The summed E-state index contributed by atoms with van der Waals surface area (Å²) in [4.78, 5) is 4.17. The number of nitrogens with zero attached hydrogens (tertiary/aromatic N) is 1. The van der Waals surface area contributed by atoms with Crippen LogP contribution in [0, 0.1) is 16.6 Å². The van der Waals surface area contributed by atoms with Crippen LogP contribution in [0.5, 0.6) is 0 Å². The highest BCUT2D eigenvalue weighted by atomic mass is 35.5. The maximum absolute atomic E-state index is 12.7. The predicted octanol–water partition coefficient (Wildman–Crippen LogP) is 1.69. The maximum Gasteiger partial charge on any atom is 0.123 e. The van der Waals surface area contributed by atoms with Gasteiger partial charge in [-0.3, -0.25) is 10.4 Å². The molecule has 1 saturated carbocycles. The Labute approximate surface area is 117 Å². The van der Waals surface area contributed by atoms with Crippen molar-refractivity contribution in [2.45, 2.75) is 12.8 Å². The molecule has 5 nitrogen and oxygen atoms in total. The smallest absolute Gasteiger partial charge is 0.123 e. The van der Waals surface area contributed by atoms with Gasteiger partial charge in [0.2, 0.25) is 0 Å². The van der Waals surface area contributed by atoms with E-state index in [0.717, 1.165) is 18.5 Å². The van der Waals surface area contributed by atoms with Gasteiger partial charge in [-0.25, -0.2) is 4.39 Å². The van der Waals surface area contributed by atoms with Gasteiger partial charge >= 0.3 is 0 Å². The molecule has 1 aromatic carbocycles. The fourth-order valence-corrected chi connectivity index (χ4v) is 1.72. The highest BCUT2D eigenvalue weighted by molar-refractivity contribution is 6.10. The number of aliphatic imine (C=N–C) groups is 1. The molecule has 0 amide bonds. The van der Waals surface area contributed by atoms with Crippen molar-refractivity contribution in [3.63, 3.8) is 0 Å². The first-order chi connectivity index (χ1) is 8.54. The van der Waals surface area contributed by atoms with E-state index in [1.165, 1.54) is 12.1 Å². The summed E-state index contributed by atoms with van der Waals surface area (Å²) >= 11 is 0. The number of nitrogens with two attached hydrogens (primary N) is 2. The van der Waals surface area contributed by atoms with Crippen LogP contribution in [0.25, 0.3) is 0 Å². The number of halogens is 2. The Morgan fingerprint density at radius 3 is 2.37 bits per heavy atom. The number of hydrogen-bond acceptors (Lipinski definition) is 3. The zero-order valence-corrected chi connectivity index (χ0v) is 11.1. The van der Waals surface area contributed by atoms with Gasteiger partial charge in [0.25, 0.3) is 0 Å². The molecule has 1 fully saturated rings. The van der Waals surface area contributed by atoms with E-state index in [4.69, 9.17) is 16.9 Å². The SMILES string of the molecule is Cl.N=C(N)C1(C(N)=NCNc2ccc(F)cc2)CC1. The quantitative estimate of drug-likeness (QED) is 0.489. The van der Waals surface area contributed by atoms with Crippen molar-refractivity contribution in [3.8, 4) is 0 Å². The van der Waals surface area contributed by atoms with Crippen LogP contribution in [0.4, 0.5) is 10.1 Å². The van der Waals surface area contributed by atoms with Crippen LogP contribution < -0.4 is 16.8 Å². The third kappa shape index (κ3) is 3.35. The molecule has 0 aliphatic heterocycles. The monoisotopic (exact) mass is 285 g/mol. The Morgan fingerprint density at radius 2 is 1.89 bits per heavy atom. The van der Waals surface area contributed by atoms with Crippen molar-refractivity contribution >= 4 is 29.8 Å². The lowest BCUT2D eigenvalue weighted by atomic mass is 10.1. The van der Waals surface area contributed by atoms with Crippen molar-refractivity contribution in [2.75, 3.05) is 12.0 Å². The molecule has 0 bridgehead atoms. The topological polar surface area (TPSA) is 100 Å². The summed E-state index contributed by atoms with van der Waals surface area (Å²) in [6.07, 6.45) is 1.57. The van der Waals surface area contributed by atoms with E-state index in [9.17, 15) is 4.39 Å². The second-order valence-corrected chi connectivity index (χ2v) is 4.38. The number of nitrogens with one attached hydrogen (secondary N) is 2. The Bertz CT molecular complexity index is 481. The van der Waals surface area contributed by atoms with E-state index in [-0.39, 0.29) is 30.7 Å². The molecule has 7 heteroatoms. The molecule has 1 aromatic rings. The Balaban J connectivity index is 0.00000180. The van der Waals surface area contributed by atoms with Gasteiger partial charge < -0.3 is 16.8 Å². The lowest BCUT2D eigenvalue weighted by Gasteiger charge is -2.12. The third-order valence-electron chi connectivity index (χ3n) is 3.13. The number of benzene rings is 1. The highest BCUT2D eigenvalue weighted by Gasteiger charge is 2.49. The molecule has 1 aliphatic carbocycles. The minimum atomic E-state index is -0.509. The first kappa shape index (κ1) is 15.2. The average Bonchev–Trinajstić information content (AvgIpc) is 3.13. The molecule has 0 radical (unpaired) electrons. The van der Waals surface area contributed by atoms with Crippen molar-refractivity contribution in [1.29, 1.82) is 5.41 Å². The first-order valence-corrected chi connectivity index (χ1v) is 5.69. The van der Waals surface area contributed by atoms with Crippen molar-refractivity contribution < 1.29 is 4.39 Å². The van der Waals surface area contributed by atoms with E-state index < -0.39 is 5.41 Å². The van der Waals surface area contributed by atoms with Crippen LogP contribution in [0.15, 0.2) is 29.3 Å². The molecule has 1 aliphatic rings. The standard InChI is InChI=1S/C12H16FN5.ClH/c13-8-1-3-9(4-2-8)17-7-18-11(16)12(5-6-12)10(14)15;/h1-4,17H,5-7H2,(H3,14,15)(H2,16,18);1H. The molecule has 0 aromatic heterocycles. The highest BCUT2D eigenvalue weighted by Crippen LogP contribution is 2.45. The molecule has 104 valence electrons. The van der Waals surface area contributed by atoms with E-state index in [1.807, 2.05) is 0 Å². The normalized spacial score (nSPS) is 16.4. The summed E-state index contributed by atoms with van der Waals surface area (Å²) < 4.78 is 12.7. The van der Waals surface area contributed by atoms with Crippen LogP contribution in [-0.4, -0.2) is 18.3 Å². The summed E-state index contributed by atoms with van der Waals surface area (Å²) in [5, 5.41) is 10.5. The molecule has 0 unspecified atom stereocenters. The molecule has 0 saturated heterocycles. The molecule has 0 heterocycles. The summed E-state index contributed by atoms with van der Waals surface area (Å²) in [5.41, 5.74) is 11.6. The fraction of sp³-hybridized carbons (Fsp3) is 0.333. The second-order valence-electron chi connectivity index (χ2n) is 4.38. The van der Waals surface area contributed by atoms with Gasteiger partial charge in [0.05, 0.1) is 5.41 Å². The van der Waals surface area contributed by atoms with Gasteiger partial charge in [0.1, 0.15) is 24.2 Å². The lowest BCUT2D eigenvalue weighted by molar-refractivity contribution is 0.628. The Morgan fingerprint density at radius 1 is 1.32 bits per heavy atom. The molecule has 6 N–H and O–H groups in total. The van der Waals surface area contributed by atoms with Crippen LogP contribution >= 0.6 is 12.4 Å². The van der Waals surface area contributed by atoms with Crippen LogP contribution in [0.2, 0.25) is 0 Å². The molecule has 2 rings (SSSR count). The number of hydrogen-bond donors (Lipinski definition) is 4. The summed E-state index contributed by atoms with van der Waals surface area (Å²) in [6, 6.07) is 5.98. The van der Waals surface area contributed by atoms with Crippen molar-refractivity contribution in [2.24, 2.45) is 21.9 Å². The van der Waals surface area contributed by atoms with Gasteiger partial charge in [-0.05, 0) is 37.1 Å². The summed E-state index contributed by atoms with van der Waals surface area (Å²) in [7, 11) is 0. The Hall–Kier alpha value is -1.82. The molecule has 0 atom stereocenters. The second kappa shape index (κ2) is 5.88. The third-order valence-corrected chi connectivity index (χ3v) is 3.13. The molecule has 0 spiro atoms. The molecular formula is C12H17ClFN5. The minimum Gasteiger partial charge on any atom is -0.387 e. The van der Waals surface area contributed by atoms with Crippen LogP contribution in [-0.2, 0) is 0 Å². The lowest BCUT2D eigenvalue weighted by Crippen LogP contribution is -2.37. The summed E-state index contributed by atoms with van der Waals surface area (Å²) in [6.45, 7) is 0.284. The van der Waals surface area contributed by atoms with Gasteiger partial charge in [0.15, 0.2) is 0 Å². The first-order valence-electron chi connectivity index (χ1n) is 5.69. The summed E-state index contributed by atoms with van der Waals surface area (Å²) in [5.74, 6) is 0.187. The largest absolute Gasteiger partial charge is 0.387 e. The van der Waals surface area contributed by atoms with Gasteiger partial charge in [-0.15, -0.1) is 12.4 Å². The van der Waals surface area contributed by atoms with Crippen LogP contribution in [0.1, 0.15) is 12.8 Å². The van der Waals surface area contributed by atoms with Gasteiger partial charge in [0, 0.05) is 5.69 Å². The van der Waals surface area contributed by atoms with Gasteiger partial charge in [-0.2, -0.15) is 0 Å². The zero-order chi connectivity index (χ0) is 13.2. The van der Waals surface area contributed by atoms with Crippen molar-refractivity contribution in [3.05, 3.63) is 30.1 Å². The van der Waals surface area contributed by atoms with E-state index in [0.29, 0.717) is 5.84 Å². The Kier molecular flexibility index (Phi) is 4.72. The number of rotatable bonds is 5. The minimum absolute atomic E-state index is 0. The number of amidine groups is 2. The predicted molar refractivity (Wildman–Crippen MR) is 77.3 cm³/mol. The molecule has 19 heavy (non-hydrogen) atoms. The number of anilines is 1. The van der Waals surface area contributed by atoms with E-state index >= 15 is 0 Å². The van der Waals surface area contributed by atoms with E-state index in [1.54, 1.807) is 12.1 Å².